The van der Waals surface area contributed by atoms with Crippen LogP contribution in [0, 0.1) is 19.8 Å². The van der Waals surface area contributed by atoms with Gasteiger partial charge < -0.3 is 10.2 Å². The van der Waals surface area contributed by atoms with Gasteiger partial charge in [0, 0.05) is 37.4 Å². The maximum absolute atomic E-state index is 13.3. The van der Waals surface area contributed by atoms with Crippen molar-refractivity contribution in [3.8, 4) is 0 Å². The lowest BCUT2D eigenvalue weighted by atomic mass is 9.86. The van der Waals surface area contributed by atoms with Crippen molar-refractivity contribution in [1.82, 2.24) is 4.31 Å². The number of hydrogen-bond acceptors (Lipinski definition) is 4. The number of nitrogens with zero attached hydrogens (tertiary/aromatic N) is 2. The van der Waals surface area contributed by atoms with E-state index < -0.39 is 15.4 Å². The Morgan fingerprint density at radius 2 is 1.76 bits per heavy atom. The number of anilines is 2. The largest absolute Gasteiger partial charge is 0.326 e. The summed E-state index contributed by atoms with van der Waals surface area (Å²) in [5, 5.41) is 3.01. The van der Waals surface area contributed by atoms with E-state index in [1.54, 1.807) is 30.1 Å². The Morgan fingerprint density at radius 3 is 2.42 bits per heavy atom. The third-order valence-corrected chi connectivity index (χ3v) is 9.06. The van der Waals surface area contributed by atoms with Crippen LogP contribution >= 0.6 is 0 Å². The molecule has 0 bridgehead atoms. The Bertz CT molecular complexity index is 1230. The Balaban J connectivity index is 1.47. The smallest absolute Gasteiger partial charge is 0.243 e. The van der Waals surface area contributed by atoms with Gasteiger partial charge in [0.2, 0.25) is 21.8 Å². The number of piperidine rings is 1. The summed E-state index contributed by atoms with van der Waals surface area (Å²) in [5.74, 6) is -0.356. The van der Waals surface area contributed by atoms with E-state index in [1.807, 2.05) is 45.9 Å². The summed E-state index contributed by atoms with van der Waals surface area (Å²) in [5.41, 5.74) is 3.64. The summed E-state index contributed by atoms with van der Waals surface area (Å²) < 4.78 is 28.1. The van der Waals surface area contributed by atoms with Crippen LogP contribution in [0.5, 0.6) is 0 Å². The Morgan fingerprint density at radius 1 is 1.09 bits per heavy atom. The van der Waals surface area contributed by atoms with Gasteiger partial charge in [-0.25, -0.2) is 8.42 Å². The highest BCUT2D eigenvalue weighted by Gasteiger charge is 2.43. The number of rotatable bonds is 4. The number of hydrogen-bond donors (Lipinski definition) is 1. The molecule has 0 aromatic heterocycles. The van der Waals surface area contributed by atoms with Gasteiger partial charge in [0.25, 0.3) is 0 Å². The number of amides is 2. The third-order valence-electron chi connectivity index (χ3n) is 7.17. The first-order valence-electron chi connectivity index (χ1n) is 11.2. The topological polar surface area (TPSA) is 86.8 Å². The number of aryl methyl sites for hydroxylation is 1. The van der Waals surface area contributed by atoms with E-state index in [0.717, 1.165) is 28.1 Å². The highest BCUT2D eigenvalue weighted by molar-refractivity contribution is 7.89. The van der Waals surface area contributed by atoms with Crippen LogP contribution in [0.15, 0.2) is 41.3 Å². The van der Waals surface area contributed by atoms with Gasteiger partial charge in [-0.2, -0.15) is 4.31 Å². The minimum Gasteiger partial charge on any atom is -0.326 e. The molecule has 1 fully saturated rings. The van der Waals surface area contributed by atoms with Crippen LogP contribution in [0.25, 0.3) is 0 Å². The zero-order valence-electron chi connectivity index (χ0n) is 19.8. The molecule has 0 aliphatic carbocycles. The molecule has 1 saturated heterocycles. The first kappa shape index (κ1) is 23.4. The van der Waals surface area contributed by atoms with Crippen molar-refractivity contribution in [2.45, 2.75) is 50.8 Å². The summed E-state index contributed by atoms with van der Waals surface area (Å²) in [7, 11) is -2.01. The molecule has 8 heteroatoms. The summed E-state index contributed by atoms with van der Waals surface area (Å²) >= 11 is 0. The van der Waals surface area contributed by atoms with Crippen LogP contribution in [-0.4, -0.2) is 44.7 Å². The lowest BCUT2D eigenvalue weighted by Crippen LogP contribution is -2.41. The predicted octanol–water partition coefficient (Wildman–Crippen LogP) is 3.60. The quantitative estimate of drug-likeness (QED) is 0.741. The Hall–Kier alpha value is -2.71. The van der Waals surface area contributed by atoms with E-state index in [-0.39, 0.29) is 35.7 Å². The number of fused-ring (bicyclic) bond motifs is 1. The van der Waals surface area contributed by atoms with E-state index in [4.69, 9.17) is 0 Å². The molecule has 2 aliphatic rings. The molecular weight excluding hydrogens is 438 g/mol. The van der Waals surface area contributed by atoms with Crippen molar-refractivity contribution in [3.63, 3.8) is 0 Å². The molecule has 7 nitrogen and oxygen atoms in total. The van der Waals surface area contributed by atoms with E-state index in [1.165, 1.54) is 4.31 Å². The lowest BCUT2D eigenvalue weighted by Gasteiger charge is -2.31. The Labute approximate surface area is 195 Å². The van der Waals surface area contributed by atoms with Gasteiger partial charge >= 0.3 is 0 Å². The van der Waals surface area contributed by atoms with Crippen LogP contribution in [-0.2, 0) is 25.0 Å². The maximum atomic E-state index is 13.3. The molecule has 2 aromatic carbocycles. The van der Waals surface area contributed by atoms with Gasteiger partial charge in [-0.1, -0.05) is 12.1 Å². The summed E-state index contributed by atoms with van der Waals surface area (Å²) in [6, 6.07) is 10.7. The molecule has 33 heavy (non-hydrogen) atoms. The second kappa shape index (κ2) is 8.25. The standard InChI is InChI=1S/C25H31N3O4S/c1-16-7-6-8-21(17(16)2)26-23(29)18-11-13-28(14-12-18)33(31,32)19-9-10-22-20(15-19)25(3,4)24(30)27(22)5/h6-10,15,18H,11-14H2,1-5H3,(H,26,29). The molecule has 0 spiro atoms. The molecule has 2 heterocycles. The SMILES string of the molecule is Cc1cccc(NC(=O)C2CCN(S(=O)(=O)c3ccc4c(c3)C(C)(C)C(=O)N4C)CC2)c1C. The van der Waals surface area contributed by atoms with Crippen LogP contribution in [0.4, 0.5) is 11.4 Å². The van der Waals surface area contributed by atoms with E-state index in [9.17, 15) is 18.0 Å². The lowest BCUT2D eigenvalue weighted by molar-refractivity contribution is -0.122. The number of likely N-dealkylation sites (N-methyl/N-ethyl adjacent to an activating group) is 1. The number of carbonyl (C=O) groups excluding carboxylic acids is 2. The number of carbonyl (C=O) groups is 2. The maximum Gasteiger partial charge on any atom is 0.243 e. The number of benzene rings is 2. The molecule has 2 aliphatic heterocycles. The average molecular weight is 470 g/mol. The fourth-order valence-electron chi connectivity index (χ4n) is 4.74. The monoisotopic (exact) mass is 469 g/mol. The summed E-state index contributed by atoms with van der Waals surface area (Å²) in [6.07, 6.45) is 0.932. The minimum atomic E-state index is -3.72. The van der Waals surface area contributed by atoms with Crippen LogP contribution in [0.3, 0.4) is 0 Å². The highest BCUT2D eigenvalue weighted by Crippen LogP contribution is 2.42. The second-order valence-corrected chi connectivity index (χ2v) is 11.5. The normalized spacial score (nSPS) is 18.9. The van der Waals surface area contributed by atoms with Crippen molar-refractivity contribution in [3.05, 3.63) is 53.1 Å². The van der Waals surface area contributed by atoms with Gasteiger partial charge in [0.05, 0.1) is 10.3 Å². The number of nitrogens with one attached hydrogen (secondary N) is 1. The second-order valence-electron chi connectivity index (χ2n) is 9.58. The van der Waals surface area contributed by atoms with Gasteiger partial charge in [-0.3, -0.25) is 9.59 Å². The Kier molecular flexibility index (Phi) is 5.87. The molecular formula is C25H31N3O4S. The van der Waals surface area contributed by atoms with E-state index >= 15 is 0 Å². The van der Waals surface area contributed by atoms with Gasteiger partial charge in [0.15, 0.2) is 0 Å². The highest BCUT2D eigenvalue weighted by atomic mass is 32.2. The van der Waals surface area contributed by atoms with Gasteiger partial charge in [-0.05, 0) is 81.5 Å². The fourth-order valence-corrected chi connectivity index (χ4v) is 6.24. The van der Waals surface area contributed by atoms with Gasteiger partial charge in [-0.15, -0.1) is 0 Å². The molecule has 0 unspecified atom stereocenters. The fraction of sp³-hybridized carbons (Fsp3) is 0.440. The zero-order valence-corrected chi connectivity index (χ0v) is 20.6. The van der Waals surface area contributed by atoms with Crippen molar-refractivity contribution < 1.29 is 18.0 Å². The van der Waals surface area contributed by atoms with Crippen LogP contribution in [0.2, 0.25) is 0 Å². The predicted molar refractivity (Wildman–Crippen MR) is 129 cm³/mol. The third kappa shape index (κ3) is 3.95. The van der Waals surface area contributed by atoms with Crippen molar-refractivity contribution in [1.29, 1.82) is 0 Å². The molecule has 0 atom stereocenters. The summed E-state index contributed by atoms with van der Waals surface area (Å²) in [6.45, 7) is 8.17. The first-order chi connectivity index (χ1) is 15.4. The van der Waals surface area contributed by atoms with Crippen molar-refractivity contribution >= 4 is 33.2 Å². The van der Waals surface area contributed by atoms with Gasteiger partial charge in [0.1, 0.15) is 0 Å². The minimum absolute atomic E-state index is 0.0530. The average Bonchev–Trinajstić information content (AvgIpc) is 2.96. The molecule has 0 saturated carbocycles. The molecule has 176 valence electrons. The zero-order chi connectivity index (χ0) is 24.1. The molecule has 4 rings (SSSR count). The summed E-state index contributed by atoms with van der Waals surface area (Å²) in [4.78, 5) is 27.1. The van der Waals surface area contributed by atoms with E-state index in [2.05, 4.69) is 5.32 Å². The molecule has 2 amide bonds. The van der Waals surface area contributed by atoms with Crippen molar-refractivity contribution in [2.75, 3.05) is 30.4 Å². The number of sulfonamides is 1. The first-order valence-corrected chi connectivity index (χ1v) is 12.7. The van der Waals surface area contributed by atoms with E-state index in [0.29, 0.717) is 12.8 Å². The molecule has 0 radical (unpaired) electrons. The van der Waals surface area contributed by atoms with Crippen molar-refractivity contribution in [2.24, 2.45) is 5.92 Å². The molecule has 2 aromatic rings. The molecule has 1 N–H and O–H groups in total. The van der Waals surface area contributed by atoms with Crippen LogP contribution < -0.4 is 10.2 Å². The van der Waals surface area contributed by atoms with Crippen LogP contribution in [0.1, 0.15) is 43.4 Å².